The van der Waals surface area contributed by atoms with Crippen LogP contribution in [0.5, 0.6) is 0 Å². The first-order valence-corrected chi connectivity index (χ1v) is 18.9. The van der Waals surface area contributed by atoms with E-state index < -0.39 is 41.8 Å². The van der Waals surface area contributed by atoms with Gasteiger partial charge in [-0.05, 0) is 75.2 Å². The SMILES string of the molecule is C[C@H]1C(=O)N[C@@H](Cc2ccccc2)C(=O)NCCN(C(=O)CC[C@@H]2CCCN3CCCC[C@H]23)CC(=O)N[C@@H](Cc2c[nH]c3ccccc23)C(=O)N1C. The molecule has 0 radical (unpaired) electrons. The van der Waals surface area contributed by atoms with E-state index in [4.69, 9.17) is 0 Å². The molecule has 3 aliphatic heterocycles. The Morgan fingerprint density at radius 2 is 1.60 bits per heavy atom. The van der Waals surface area contributed by atoms with E-state index in [1.807, 2.05) is 60.8 Å². The van der Waals surface area contributed by atoms with Gasteiger partial charge in [0.15, 0.2) is 0 Å². The first kappa shape index (κ1) is 37.1. The molecule has 6 rings (SSSR count). The molecular weight excluding hydrogens is 658 g/mol. The van der Waals surface area contributed by atoms with Gasteiger partial charge < -0.3 is 35.6 Å². The normalized spacial score (nSPS) is 25.8. The number of carbonyl (C=O) groups is 5. The molecule has 5 amide bonds. The summed E-state index contributed by atoms with van der Waals surface area (Å²) in [5.41, 5.74) is 2.61. The highest BCUT2D eigenvalue weighted by Gasteiger charge is 2.35. The number of benzene rings is 2. The van der Waals surface area contributed by atoms with Crippen LogP contribution in [0.2, 0.25) is 0 Å². The predicted molar refractivity (Wildman–Crippen MR) is 199 cm³/mol. The molecule has 0 spiro atoms. The van der Waals surface area contributed by atoms with Gasteiger partial charge in [0.2, 0.25) is 29.5 Å². The van der Waals surface area contributed by atoms with Crippen LogP contribution in [0, 0.1) is 5.92 Å². The number of nitrogens with zero attached hydrogens (tertiary/aromatic N) is 3. The molecule has 5 atom stereocenters. The van der Waals surface area contributed by atoms with Crippen LogP contribution in [-0.4, -0.2) is 113 Å². The van der Waals surface area contributed by atoms with Gasteiger partial charge >= 0.3 is 0 Å². The molecule has 3 saturated heterocycles. The summed E-state index contributed by atoms with van der Waals surface area (Å²) in [4.78, 5) is 77.7. The van der Waals surface area contributed by atoms with Gasteiger partial charge in [0.1, 0.15) is 18.1 Å². The molecule has 2 aromatic carbocycles. The Bertz CT molecular complexity index is 1730. The van der Waals surface area contributed by atoms with E-state index in [-0.39, 0.29) is 38.4 Å². The molecule has 12 nitrogen and oxygen atoms in total. The van der Waals surface area contributed by atoms with Gasteiger partial charge in [0.05, 0.1) is 6.54 Å². The maximum atomic E-state index is 14.1. The Morgan fingerprint density at radius 3 is 2.42 bits per heavy atom. The van der Waals surface area contributed by atoms with Crippen LogP contribution in [0.4, 0.5) is 0 Å². The topological polar surface area (TPSA) is 147 Å². The molecule has 12 heteroatoms. The third-order valence-corrected chi connectivity index (χ3v) is 11.3. The lowest BCUT2D eigenvalue weighted by atomic mass is 9.81. The monoisotopic (exact) mass is 711 g/mol. The molecule has 3 fully saturated rings. The average molecular weight is 712 g/mol. The molecule has 0 bridgehead atoms. The predicted octanol–water partition coefficient (Wildman–Crippen LogP) is 2.77. The number of aromatic nitrogens is 1. The molecule has 0 aliphatic carbocycles. The second-order valence-corrected chi connectivity index (χ2v) is 14.7. The van der Waals surface area contributed by atoms with Gasteiger partial charge in [-0.25, -0.2) is 0 Å². The summed E-state index contributed by atoms with van der Waals surface area (Å²) >= 11 is 0. The number of likely N-dealkylation sites (N-methyl/N-ethyl adjacent to an activating group) is 1. The fourth-order valence-electron chi connectivity index (χ4n) is 8.21. The van der Waals surface area contributed by atoms with E-state index in [9.17, 15) is 24.0 Å². The lowest BCUT2D eigenvalue weighted by Gasteiger charge is -2.44. The highest BCUT2D eigenvalue weighted by molar-refractivity contribution is 5.95. The van der Waals surface area contributed by atoms with Gasteiger partial charge in [-0.3, -0.25) is 24.0 Å². The second-order valence-electron chi connectivity index (χ2n) is 14.7. The molecule has 52 heavy (non-hydrogen) atoms. The maximum absolute atomic E-state index is 14.1. The van der Waals surface area contributed by atoms with Crippen molar-refractivity contribution in [2.75, 3.05) is 39.8 Å². The van der Waals surface area contributed by atoms with Crippen molar-refractivity contribution in [2.45, 2.75) is 88.9 Å². The number of amides is 5. The summed E-state index contributed by atoms with van der Waals surface area (Å²) in [7, 11) is 1.53. The zero-order valence-corrected chi connectivity index (χ0v) is 30.4. The third-order valence-electron chi connectivity index (χ3n) is 11.3. The summed E-state index contributed by atoms with van der Waals surface area (Å²) in [6.07, 6.45) is 9.15. The Kier molecular flexibility index (Phi) is 12.3. The number of nitrogens with one attached hydrogen (secondary N) is 4. The standard InChI is InChI=1S/C40H53N7O5/c1-27-38(50)44-33(23-28-11-4-3-5-12-28)39(51)41-19-22-47(37(49)18-17-29-13-10-21-46-20-9-8-16-35(29)46)26-36(48)43-34(40(52)45(27)2)24-30-25-42-32-15-7-6-14-31(30)32/h3-7,11-12,14-15,25,27,29,33-35,42H,8-10,13,16-24,26H2,1-2H3,(H,41,51)(H,43,48)(H,44,50)/t27-,29-,33-,34-,35+/m0/s1. The minimum atomic E-state index is -1.01. The van der Waals surface area contributed by atoms with Crippen LogP contribution in [-0.2, 0) is 36.8 Å². The fraction of sp³-hybridized carbons (Fsp3) is 0.525. The van der Waals surface area contributed by atoms with Crippen molar-refractivity contribution in [3.8, 4) is 0 Å². The Labute approximate surface area is 306 Å². The van der Waals surface area contributed by atoms with E-state index in [2.05, 4.69) is 25.8 Å². The van der Waals surface area contributed by atoms with Crippen LogP contribution in [0.15, 0.2) is 60.8 Å². The first-order valence-electron chi connectivity index (χ1n) is 18.9. The Hall–Kier alpha value is -4.71. The van der Waals surface area contributed by atoms with Crippen molar-refractivity contribution in [1.82, 2.24) is 35.6 Å². The zero-order valence-electron chi connectivity index (χ0n) is 30.4. The van der Waals surface area contributed by atoms with E-state index in [0.717, 1.165) is 60.8 Å². The number of fused-ring (bicyclic) bond motifs is 2. The minimum absolute atomic E-state index is 0.103. The van der Waals surface area contributed by atoms with Crippen molar-refractivity contribution in [3.05, 3.63) is 71.9 Å². The van der Waals surface area contributed by atoms with Crippen LogP contribution in [0.1, 0.15) is 63.0 Å². The highest BCUT2D eigenvalue weighted by Crippen LogP contribution is 2.33. The molecule has 3 aromatic rings. The summed E-state index contributed by atoms with van der Waals surface area (Å²) in [5.74, 6) is -1.53. The smallest absolute Gasteiger partial charge is 0.245 e. The number of carbonyl (C=O) groups excluding carboxylic acids is 5. The Balaban J connectivity index is 1.24. The van der Waals surface area contributed by atoms with E-state index in [1.165, 1.54) is 29.7 Å². The molecule has 4 heterocycles. The third kappa shape index (κ3) is 9.01. The Morgan fingerprint density at radius 1 is 0.827 bits per heavy atom. The van der Waals surface area contributed by atoms with Crippen LogP contribution in [0.25, 0.3) is 10.9 Å². The number of para-hydroxylation sites is 1. The van der Waals surface area contributed by atoms with Crippen molar-refractivity contribution in [3.63, 3.8) is 0 Å². The number of hydrogen-bond donors (Lipinski definition) is 4. The van der Waals surface area contributed by atoms with Gasteiger partial charge in [0.25, 0.3) is 0 Å². The van der Waals surface area contributed by atoms with Crippen molar-refractivity contribution in [1.29, 1.82) is 0 Å². The zero-order chi connectivity index (χ0) is 36.6. The van der Waals surface area contributed by atoms with E-state index in [0.29, 0.717) is 18.4 Å². The molecule has 278 valence electrons. The summed E-state index contributed by atoms with van der Waals surface area (Å²) in [6.45, 7) is 3.81. The largest absolute Gasteiger partial charge is 0.361 e. The fourth-order valence-corrected chi connectivity index (χ4v) is 8.21. The average Bonchev–Trinajstić information content (AvgIpc) is 3.57. The summed E-state index contributed by atoms with van der Waals surface area (Å²) < 4.78 is 0. The van der Waals surface area contributed by atoms with Gasteiger partial charge in [-0.15, -0.1) is 0 Å². The van der Waals surface area contributed by atoms with E-state index >= 15 is 0 Å². The van der Waals surface area contributed by atoms with Crippen molar-refractivity contribution < 1.29 is 24.0 Å². The van der Waals surface area contributed by atoms with Crippen LogP contribution < -0.4 is 16.0 Å². The van der Waals surface area contributed by atoms with Crippen molar-refractivity contribution >= 4 is 40.4 Å². The van der Waals surface area contributed by atoms with Gasteiger partial charge in [0, 0.05) is 62.5 Å². The summed E-state index contributed by atoms with van der Waals surface area (Å²) in [5, 5.41) is 9.62. The maximum Gasteiger partial charge on any atom is 0.245 e. The highest BCUT2D eigenvalue weighted by atomic mass is 16.2. The quantitative estimate of drug-likeness (QED) is 0.297. The number of H-pyrrole nitrogens is 1. The summed E-state index contributed by atoms with van der Waals surface area (Å²) in [6, 6.07) is 14.8. The minimum Gasteiger partial charge on any atom is -0.361 e. The lowest BCUT2D eigenvalue weighted by Crippen LogP contribution is -2.57. The van der Waals surface area contributed by atoms with Crippen LogP contribution in [0.3, 0.4) is 0 Å². The molecule has 0 unspecified atom stereocenters. The number of rotatable bonds is 7. The lowest BCUT2D eigenvalue weighted by molar-refractivity contribution is -0.142. The number of hydrogen-bond acceptors (Lipinski definition) is 6. The van der Waals surface area contributed by atoms with Crippen LogP contribution >= 0.6 is 0 Å². The number of piperidine rings is 2. The first-order chi connectivity index (χ1) is 25.2. The molecular formula is C40H53N7O5. The molecule has 3 aliphatic rings. The van der Waals surface area contributed by atoms with Gasteiger partial charge in [-0.2, -0.15) is 0 Å². The second kappa shape index (κ2) is 17.2. The molecule has 4 N–H and O–H groups in total. The van der Waals surface area contributed by atoms with Crippen molar-refractivity contribution in [2.24, 2.45) is 5.92 Å². The number of aromatic amines is 1. The molecule has 1 aromatic heterocycles. The van der Waals surface area contributed by atoms with Gasteiger partial charge in [-0.1, -0.05) is 55.0 Å². The van der Waals surface area contributed by atoms with E-state index in [1.54, 1.807) is 6.92 Å². The molecule has 0 saturated carbocycles.